The summed E-state index contributed by atoms with van der Waals surface area (Å²) in [5.41, 5.74) is 0. The van der Waals surface area contributed by atoms with Gasteiger partial charge in [0, 0.05) is 19.3 Å². The minimum Gasteiger partial charge on any atom is -0.462 e. The van der Waals surface area contributed by atoms with Crippen LogP contribution in [0.3, 0.4) is 0 Å². The fourth-order valence-corrected chi connectivity index (χ4v) is 10.8. The van der Waals surface area contributed by atoms with Gasteiger partial charge in [-0.05, 0) is 77.0 Å². The lowest BCUT2D eigenvalue weighted by molar-refractivity contribution is -0.167. The standard InChI is InChI=1S/C73H136O6/c1-4-7-10-13-16-19-22-25-28-30-32-33-34-35-36-37-38-39-41-42-45-48-51-54-57-60-63-66-72(75)78-69-70(68-77-71(74)65-62-59-56-53-50-47-44-27-24-21-18-15-12-9-6-3)79-73(76)67-64-61-58-55-52-49-46-43-40-31-29-26-23-20-17-14-11-8-5-2/h18,21,26-27,29,44,70H,4-17,19-20,22-25,28,30-43,45-69H2,1-3H3/b21-18-,29-26-,44-27-. The number of carbonyl (C=O) groups is 3. The van der Waals surface area contributed by atoms with Crippen molar-refractivity contribution >= 4 is 17.9 Å². The molecule has 6 nitrogen and oxygen atoms in total. The number of hydrogen-bond acceptors (Lipinski definition) is 6. The van der Waals surface area contributed by atoms with Crippen molar-refractivity contribution in [3.63, 3.8) is 0 Å². The summed E-state index contributed by atoms with van der Waals surface area (Å²) in [7, 11) is 0. The molecule has 0 bridgehead atoms. The zero-order valence-electron chi connectivity index (χ0n) is 53.4. The number of allylic oxidation sites excluding steroid dienone is 6. The molecule has 79 heavy (non-hydrogen) atoms. The monoisotopic (exact) mass is 1110 g/mol. The van der Waals surface area contributed by atoms with Crippen LogP contribution in [0.5, 0.6) is 0 Å². The first kappa shape index (κ1) is 76.6. The number of carbonyl (C=O) groups excluding carboxylic acids is 3. The molecule has 0 aromatic heterocycles. The van der Waals surface area contributed by atoms with Crippen molar-refractivity contribution in [2.45, 2.75) is 399 Å². The maximum atomic E-state index is 12.9. The van der Waals surface area contributed by atoms with Crippen molar-refractivity contribution in [2.24, 2.45) is 0 Å². The van der Waals surface area contributed by atoms with E-state index >= 15 is 0 Å². The van der Waals surface area contributed by atoms with Gasteiger partial charge in [0.2, 0.25) is 0 Å². The number of unbranched alkanes of at least 4 members (excludes halogenated alkanes) is 49. The molecular weight excluding hydrogens is 973 g/mol. The maximum absolute atomic E-state index is 12.9. The van der Waals surface area contributed by atoms with Gasteiger partial charge in [-0.3, -0.25) is 14.4 Å². The summed E-state index contributed by atoms with van der Waals surface area (Å²) in [5.74, 6) is -0.861. The third kappa shape index (κ3) is 66.3. The minimum atomic E-state index is -0.778. The Morgan fingerprint density at radius 3 is 0.734 bits per heavy atom. The zero-order valence-corrected chi connectivity index (χ0v) is 53.4. The van der Waals surface area contributed by atoms with Crippen LogP contribution >= 0.6 is 0 Å². The maximum Gasteiger partial charge on any atom is 0.306 e. The zero-order chi connectivity index (χ0) is 57.1. The van der Waals surface area contributed by atoms with Gasteiger partial charge in [0.25, 0.3) is 0 Å². The Bertz CT molecular complexity index is 1320. The lowest BCUT2D eigenvalue weighted by Gasteiger charge is -2.18. The molecule has 0 rings (SSSR count). The van der Waals surface area contributed by atoms with E-state index in [0.717, 1.165) is 77.0 Å². The summed E-state index contributed by atoms with van der Waals surface area (Å²) in [5, 5.41) is 0. The van der Waals surface area contributed by atoms with E-state index in [2.05, 4.69) is 57.2 Å². The Balaban J connectivity index is 4.24. The molecule has 1 atom stereocenters. The van der Waals surface area contributed by atoms with Gasteiger partial charge in [-0.2, -0.15) is 0 Å². The second-order valence-corrected chi connectivity index (χ2v) is 24.1. The molecule has 0 aliphatic rings. The molecule has 0 spiro atoms. The molecule has 0 N–H and O–H groups in total. The van der Waals surface area contributed by atoms with Crippen LogP contribution in [0.25, 0.3) is 0 Å². The summed E-state index contributed by atoms with van der Waals surface area (Å²) in [4.78, 5) is 38.4. The SMILES string of the molecule is CCCCC/C=C\C/C=C\CCCCCCCC(=O)OCC(COC(=O)CCCCCCCCCCCCCCCCCCCCCCCCCCCCC)OC(=O)CCCCCCCCCCC/C=C\CCCCCCCC. The van der Waals surface area contributed by atoms with E-state index in [1.54, 1.807) is 0 Å². The number of esters is 3. The van der Waals surface area contributed by atoms with Crippen LogP contribution in [0.4, 0.5) is 0 Å². The molecule has 0 aromatic carbocycles. The summed E-state index contributed by atoms with van der Waals surface area (Å²) in [6, 6.07) is 0. The first-order valence-electron chi connectivity index (χ1n) is 35.5. The minimum absolute atomic E-state index is 0.0729. The van der Waals surface area contributed by atoms with Crippen LogP contribution in [-0.2, 0) is 28.6 Å². The van der Waals surface area contributed by atoms with E-state index in [1.165, 1.54) is 276 Å². The van der Waals surface area contributed by atoms with Crippen LogP contribution in [0.1, 0.15) is 393 Å². The van der Waals surface area contributed by atoms with E-state index < -0.39 is 6.10 Å². The van der Waals surface area contributed by atoms with Crippen LogP contribution in [0.2, 0.25) is 0 Å². The van der Waals surface area contributed by atoms with Gasteiger partial charge in [0.05, 0.1) is 0 Å². The molecule has 0 aromatic rings. The molecular formula is C73H136O6. The number of rotatable bonds is 66. The van der Waals surface area contributed by atoms with Gasteiger partial charge in [-0.25, -0.2) is 0 Å². The average molecular weight is 1110 g/mol. The molecule has 0 amide bonds. The molecule has 464 valence electrons. The summed E-state index contributed by atoms with van der Waals surface area (Å²) in [6.07, 6.45) is 84.6. The second kappa shape index (κ2) is 68.1. The second-order valence-electron chi connectivity index (χ2n) is 24.1. The lowest BCUT2D eigenvalue weighted by atomic mass is 10.0. The van der Waals surface area contributed by atoms with E-state index in [0.29, 0.717) is 19.3 Å². The third-order valence-electron chi connectivity index (χ3n) is 16.1. The predicted molar refractivity (Wildman–Crippen MR) is 344 cm³/mol. The predicted octanol–water partition coefficient (Wildman–Crippen LogP) is 24.3. The van der Waals surface area contributed by atoms with Gasteiger partial charge < -0.3 is 14.2 Å². The van der Waals surface area contributed by atoms with E-state index in [1.807, 2.05) is 0 Å². The fourth-order valence-electron chi connectivity index (χ4n) is 10.8. The van der Waals surface area contributed by atoms with E-state index in [-0.39, 0.29) is 31.1 Å². The third-order valence-corrected chi connectivity index (χ3v) is 16.1. The quantitative estimate of drug-likeness (QED) is 0.0261. The van der Waals surface area contributed by atoms with Crippen LogP contribution < -0.4 is 0 Å². The van der Waals surface area contributed by atoms with Crippen molar-refractivity contribution in [1.29, 1.82) is 0 Å². The van der Waals surface area contributed by atoms with Crippen LogP contribution in [0.15, 0.2) is 36.5 Å². The Labute approximate surface area is 493 Å². The molecule has 0 aliphatic carbocycles. The highest BCUT2D eigenvalue weighted by atomic mass is 16.6. The van der Waals surface area contributed by atoms with Crippen molar-refractivity contribution in [3.8, 4) is 0 Å². The largest absolute Gasteiger partial charge is 0.462 e. The highest BCUT2D eigenvalue weighted by Gasteiger charge is 2.19. The van der Waals surface area contributed by atoms with E-state index in [4.69, 9.17) is 14.2 Å². The summed E-state index contributed by atoms with van der Waals surface area (Å²) >= 11 is 0. The smallest absolute Gasteiger partial charge is 0.306 e. The van der Waals surface area contributed by atoms with Gasteiger partial charge in [-0.15, -0.1) is 0 Å². The molecule has 0 saturated heterocycles. The molecule has 0 aliphatic heterocycles. The number of hydrogen-bond donors (Lipinski definition) is 0. The highest BCUT2D eigenvalue weighted by Crippen LogP contribution is 2.19. The first-order valence-corrected chi connectivity index (χ1v) is 35.5. The normalized spacial score (nSPS) is 12.2. The van der Waals surface area contributed by atoms with Crippen LogP contribution in [0, 0.1) is 0 Å². The van der Waals surface area contributed by atoms with Crippen molar-refractivity contribution in [3.05, 3.63) is 36.5 Å². The molecule has 0 radical (unpaired) electrons. The fraction of sp³-hybridized carbons (Fsp3) is 0.877. The van der Waals surface area contributed by atoms with Crippen LogP contribution in [-0.4, -0.2) is 37.2 Å². The number of ether oxygens (including phenoxy) is 3. The first-order chi connectivity index (χ1) is 39.0. The van der Waals surface area contributed by atoms with Gasteiger partial charge >= 0.3 is 17.9 Å². The van der Waals surface area contributed by atoms with Gasteiger partial charge in [0.15, 0.2) is 6.10 Å². The Hall–Kier alpha value is -2.37. The molecule has 0 fully saturated rings. The molecule has 0 saturated carbocycles. The molecule has 1 unspecified atom stereocenters. The van der Waals surface area contributed by atoms with Crippen molar-refractivity contribution < 1.29 is 28.6 Å². The summed E-state index contributed by atoms with van der Waals surface area (Å²) in [6.45, 7) is 6.67. The van der Waals surface area contributed by atoms with Gasteiger partial charge in [-0.1, -0.05) is 333 Å². The Morgan fingerprint density at radius 1 is 0.253 bits per heavy atom. The summed E-state index contributed by atoms with van der Waals surface area (Å²) < 4.78 is 17.0. The lowest BCUT2D eigenvalue weighted by Crippen LogP contribution is -2.30. The molecule has 0 heterocycles. The Kier molecular flexibility index (Phi) is 66.1. The highest BCUT2D eigenvalue weighted by molar-refractivity contribution is 5.71. The van der Waals surface area contributed by atoms with E-state index in [9.17, 15) is 14.4 Å². The Morgan fingerprint density at radius 2 is 0.456 bits per heavy atom. The molecule has 6 heteroatoms. The van der Waals surface area contributed by atoms with Crippen molar-refractivity contribution in [2.75, 3.05) is 13.2 Å². The topological polar surface area (TPSA) is 78.9 Å². The van der Waals surface area contributed by atoms with Gasteiger partial charge in [0.1, 0.15) is 13.2 Å². The van der Waals surface area contributed by atoms with Crippen molar-refractivity contribution in [1.82, 2.24) is 0 Å². The average Bonchev–Trinajstić information content (AvgIpc) is 3.45.